The fourth-order valence-electron chi connectivity index (χ4n) is 3.29. The molecule has 2 atom stereocenters. The lowest BCUT2D eigenvalue weighted by Crippen LogP contribution is -2.58. The van der Waals surface area contributed by atoms with Crippen LogP contribution in [0.2, 0.25) is 0 Å². The summed E-state index contributed by atoms with van der Waals surface area (Å²) in [7, 11) is 0. The smallest absolute Gasteiger partial charge is 0.123 e. The Hall–Kier alpha value is -0.930. The summed E-state index contributed by atoms with van der Waals surface area (Å²) in [6.07, 6.45) is 2.18. The van der Waals surface area contributed by atoms with Crippen molar-refractivity contribution >= 4 is 0 Å². The van der Waals surface area contributed by atoms with Crippen molar-refractivity contribution in [1.82, 2.24) is 10.2 Å². The molecule has 21 heavy (non-hydrogen) atoms. The summed E-state index contributed by atoms with van der Waals surface area (Å²) in [6, 6.07) is 6.37. The van der Waals surface area contributed by atoms with Gasteiger partial charge in [0.15, 0.2) is 0 Å². The molecule has 0 bridgehead atoms. The second kappa shape index (κ2) is 7.37. The summed E-state index contributed by atoms with van der Waals surface area (Å²) in [5.41, 5.74) is 2.34. The van der Waals surface area contributed by atoms with E-state index in [1.54, 1.807) is 12.1 Å². The van der Waals surface area contributed by atoms with Gasteiger partial charge in [-0.25, -0.2) is 4.39 Å². The number of nitrogens with zero attached hydrogens (tertiary/aromatic N) is 1. The standard InChI is InChI=1S/C18H29FN2/c1-5-17-12-21(18(11-20-17)13(2)3)9-8-15-6-7-16(19)10-14(15)4/h6-7,10,13,17-18,20H,5,8-9,11-12H2,1-4H3. The minimum Gasteiger partial charge on any atom is -0.311 e. The Kier molecular flexibility index (Phi) is 5.77. The van der Waals surface area contributed by atoms with Crippen LogP contribution in [0.3, 0.4) is 0 Å². The number of hydrogen-bond acceptors (Lipinski definition) is 2. The zero-order valence-corrected chi connectivity index (χ0v) is 13.8. The van der Waals surface area contributed by atoms with Gasteiger partial charge >= 0.3 is 0 Å². The molecular weight excluding hydrogens is 263 g/mol. The van der Waals surface area contributed by atoms with Crippen LogP contribution in [0, 0.1) is 18.7 Å². The van der Waals surface area contributed by atoms with E-state index in [0.717, 1.165) is 31.6 Å². The van der Waals surface area contributed by atoms with Crippen LogP contribution in [-0.4, -0.2) is 36.6 Å². The van der Waals surface area contributed by atoms with Crippen LogP contribution in [0.5, 0.6) is 0 Å². The predicted molar refractivity (Wildman–Crippen MR) is 87.1 cm³/mol. The molecule has 0 aromatic heterocycles. The van der Waals surface area contributed by atoms with Crippen molar-refractivity contribution < 1.29 is 4.39 Å². The molecule has 2 rings (SSSR count). The summed E-state index contributed by atoms with van der Waals surface area (Å²) in [4.78, 5) is 2.62. The van der Waals surface area contributed by atoms with Gasteiger partial charge in [0.1, 0.15) is 5.82 Å². The SMILES string of the molecule is CCC1CN(CCc2ccc(F)cc2C)C(C(C)C)CN1. The average molecular weight is 292 g/mol. The maximum atomic E-state index is 13.2. The van der Waals surface area contributed by atoms with Crippen molar-refractivity contribution in [3.63, 3.8) is 0 Å². The van der Waals surface area contributed by atoms with Crippen LogP contribution >= 0.6 is 0 Å². The highest BCUT2D eigenvalue weighted by Gasteiger charge is 2.28. The van der Waals surface area contributed by atoms with E-state index in [1.807, 2.05) is 13.0 Å². The Morgan fingerprint density at radius 1 is 1.38 bits per heavy atom. The number of benzene rings is 1. The summed E-state index contributed by atoms with van der Waals surface area (Å²) >= 11 is 0. The molecule has 0 aliphatic carbocycles. The number of hydrogen-bond donors (Lipinski definition) is 1. The van der Waals surface area contributed by atoms with Crippen LogP contribution in [-0.2, 0) is 6.42 Å². The number of nitrogens with one attached hydrogen (secondary N) is 1. The Morgan fingerprint density at radius 3 is 2.76 bits per heavy atom. The topological polar surface area (TPSA) is 15.3 Å². The van der Waals surface area contributed by atoms with Crippen molar-refractivity contribution in [3.05, 3.63) is 35.1 Å². The number of piperazine rings is 1. The van der Waals surface area contributed by atoms with Gasteiger partial charge < -0.3 is 5.32 Å². The van der Waals surface area contributed by atoms with E-state index in [9.17, 15) is 4.39 Å². The van der Waals surface area contributed by atoms with E-state index in [0.29, 0.717) is 18.0 Å². The monoisotopic (exact) mass is 292 g/mol. The van der Waals surface area contributed by atoms with Gasteiger partial charge in [-0.15, -0.1) is 0 Å². The molecule has 1 saturated heterocycles. The molecule has 1 aromatic rings. The minimum atomic E-state index is -0.135. The van der Waals surface area contributed by atoms with Gasteiger partial charge in [-0.2, -0.15) is 0 Å². The molecule has 3 heteroatoms. The molecule has 1 N–H and O–H groups in total. The Labute approximate surface area is 128 Å². The highest BCUT2D eigenvalue weighted by atomic mass is 19.1. The second-order valence-electron chi connectivity index (χ2n) is 6.64. The summed E-state index contributed by atoms with van der Waals surface area (Å²) in [5.74, 6) is 0.522. The second-order valence-corrected chi connectivity index (χ2v) is 6.64. The lowest BCUT2D eigenvalue weighted by molar-refractivity contribution is 0.0984. The largest absolute Gasteiger partial charge is 0.311 e. The highest BCUT2D eigenvalue weighted by Crippen LogP contribution is 2.18. The molecule has 2 nitrogen and oxygen atoms in total. The molecule has 1 aromatic carbocycles. The predicted octanol–water partition coefficient (Wildman–Crippen LogP) is 3.39. The first kappa shape index (κ1) is 16.4. The molecule has 1 aliphatic heterocycles. The van der Waals surface area contributed by atoms with Gasteiger partial charge in [0.25, 0.3) is 0 Å². The third kappa shape index (κ3) is 4.27. The van der Waals surface area contributed by atoms with Crippen molar-refractivity contribution in [1.29, 1.82) is 0 Å². The maximum Gasteiger partial charge on any atom is 0.123 e. The molecular formula is C18H29FN2. The van der Waals surface area contributed by atoms with Crippen LogP contribution in [0.1, 0.15) is 38.3 Å². The zero-order chi connectivity index (χ0) is 15.4. The fourth-order valence-corrected chi connectivity index (χ4v) is 3.29. The van der Waals surface area contributed by atoms with Gasteiger partial charge in [-0.05, 0) is 48.9 Å². The van der Waals surface area contributed by atoms with Gasteiger partial charge in [0.05, 0.1) is 0 Å². The minimum absolute atomic E-state index is 0.135. The molecule has 1 fully saturated rings. The first-order valence-electron chi connectivity index (χ1n) is 8.23. The van der Waals surface area contributed by atoms with Crippen LogP contribution < -0.4 is 5.32 Å². The molecule has 0 radical (unpaired) electrons. The molecule has 0 amide bonds. The van der Waals surface area contributed by atoms with E-state index in [4.69, 9.17) is 0 Å². The molecule has 1 aliphatic rings. The Bertz CT molecular complexity index is 459. The van der Waals surface area contributed by atoms with E-state index in [-0.39, 0.29) is 5.82 Å². The van der Waals surface area contributed by atoms with Gasteiger partial charge in [-0.3, -0.25) is 4.90 Å². The molecule has 1 heterocycles. The van der Waals surface area contributed by atoms with Crippen LogP contribution in [0.25, 0.3) is 0 Å². The van der Waals surface area contributed by atoms with Gasteiger partial charge in [-0.1, -0.05) is 26.8 Å². The van der Waals surface area contributed by atoms with Crippen molar-refractivity contribution in [2.75, 3.05) is 19.6 Å². The normalized spacial score (nSPS) is 23.7. The number of halogens is 1. The van der Waals surface area contributed by atoms with Crippen molar-refractivity contribution in [2.45, 2.75) is 52.6 Å². The van der Waals surface area contributed by atoms with E-state index in [2.05, 4.69) is 31.0 Å². The lowest BCUT2D eigenvalue weighted by atomic mass is 9.96. The van der Waals surface area contributed by atoms with Crippen molar-refractivity contribution in [2.24, 2.45) is 5.92 Å². The van der Waals surface area contributed by atoms with Crippen molar-refractivity contribution in [3.8, 4) is 0 Å². The first-order chi connectivity index (χ1) is 10.0. The van der Waals surface area contributed by atoms with Gasteiger partial charge in [0, 0.05) is 31.7 Å². The summed E-state index contributed by atoms with van der Waals surface area (Å²) in [5, 5.41) is 3.66. The first-order valence-corrected chi connectivity index (χ1v) is 8.23. The summed E-state index contributed by atoms with van der Waals surface area (Å²) in [6.45, 7) is 12.1. The Balaban J connectivity index is 2.00. The average Bonchev–Trinajstić information content (AvgIpc) is 2.45. The molecule has 0 spiro atoms. The third-order valence-corrected chi connectivity index (χ3v) is 4.77. The number of aryl methyl sites for hydroxylation is 1. The summed E-state index contributed by atoms with van der Waals surface area (Å²) < 4.78 is 13.2. The highest BCUT2D eigenvalue weighted by molar-refractivity contribution is 5.26. The van der Waals surface area contributed by atoms with E-state index >= 15 is 0 Å². The maximum absolute atomic E-state index is 13.2. The number of rotatable bonds is 5. The van der Waals surface area contributed by atoms with Crippen LogP contribution in [0.15, 0.2) is 18.2 Å². The van der Waals surface area contributed by atoms with E-state index < -0.39 is 0 Å². The third-order valence-electron chi connectivity index (χ3n) is 4.77. The van der Waals surface area contributed by atoms with Crippen LogP contribution in [0.4, 0.5) is 4.39 Å². The molecule has 2 unspecified atom stereocenters. The lowest BCUT2D eigenvalue weighted by Gasteiger charge is -2.42. The quantitative estimate of drug-likeness (QED) is 0.895. The van der Waals surface area contributed by atoms with Gasteiger partial charge in [0.2, 0.25) is 0 Å². The molecule has 118 valence electrons. The fraction of sp³-hybridized carbons (Fsp3) is 0.667. The zero-order valence-electron chi connectivity index (χ0n) is 13.8. The molecule has 0 saturated carbocycles. The Morgan fingerprint density at radius 2 is 2.14 bits per heavy atom. The van der Waals surface area contributed by atoms with E-state index in [1.165, 1.54) is 12.0 Å².